The van der Waals surface area contributed by atoms with E-state index in [-0.39, 0.29) is 6.04 Å². The maximum absolute atomic E-state index is 12.1. The highest BCUT2D eigenvalue weighted by Crippen LogP contribution is 2.29. The standard InChI is InChI=1S/C11H21N3O/c1-13-5-6-14(10(7-12)8-13)11(15)9-3-2-4-9/h9-10H,2-8,12H2,1H3. The maximum atomic E-state index is 12.1. The number of piperazine rings is 1. The van der Waals surface area contributed by atoms with Gasteiger partial charge in [0.05, 0.1) is 6.04 Å². The first-order valence-electron chi connectivity index (χ1n) is 5.91. The average molecular weight is 211 g/mol. The summed E-state index contributed by atoms with van der Waals surface area (Å²) in [4.78, 5) is 16.4. The second kappa shape index (κ2) is 4.49. The fraction of sp³-hybridized carbons (Fsp3) is 0.909. The minimum Gasteiger partial charge on any atom is -0.336 e. The van der Waals surface area contributed by atoms with Gasteiger partial charge in [-0.2, -0.15) is 0 Å². The fourth-order valence-electron chi connectivity index (χ4n) is 2.39. The van der Waals surface area contributed by atoms with Crippen LogP contribution >= 0.6 is 0 Å². The topological polar surface area (TPSA) is 49.6 Å². The summed E-state index contributed by atoms with van der Waals surface area (Å²) in [6, 6.07) is 0.233. The molecule has 4 heteroatoms. The van der Waals surface area contributed by atoms with Gasteiger partial charge < -0.3 is 15.5 Å². The van der Waals surface area contributed by atoms with E-state index in [1.165, 1.54) is 6.42 Å². The van der Waals surface area contributed by atoms with Gasteiger partial charge in [-0.05, 0) is 19.9 Å². The Kier molecular flexibility index (Phi) is 3.26. The van der Waals surface area contributed by atoms with Gasteiger partial charge in [0.1, 0.15) is 0 Å². The number of carbonyl (C=O) groups is 1. The molecule has 2 rings (SSSR count). The first-order valence-corrected chi connectivity index (χ1v) is 5.91. The second-order valence-electron chi connectivity index (χ2n) is 4.81. The smallest absolute Gasteiger partial charge is 0.226 e. The number of nitrogens with two attached hydrogens (primary N) is 1. The molecule has 15 heavy (non-hydrogen) atoms. The lowest BCUT2D eigenvalue weighted by Gasteiger charge is -2.42. The van der Waals surface area contributed by atoms with E-state index in [0.29, 0.717) is 18.4 Å². The van der Waals surface area contributed by atoms with E-state index in [1.54, 1.807) is 0 Å². The zero-order valence-corrected chi connectivity index (χ0v) is 9.48. The lowest BCUT2D eigenvalue weighted by Crippen LogP contribution is -2.58. The van der Waals surface area contributed by atoms with Crippen molar-refractivity contribution in [3.63, 3.8) is 0 Å². The fourth-order valence-corrected chi connectivity index (χ4v) is 2.39. The zero-order valence-electron chi connectivity index (χ0n) is 9.48. The van der Waals surface area contributed by atoms with Gasteiger partial charge in [0, 0.05) is 32.1 Å². The van der Waals surface area contributed by atoms with Crippen molar-refractivity contribution >= 4 is 5.91 Å². The predicted molar refractivity (Wildman–Crippen MR) is 59.4 cm³/mol. The van der Waals surface area contributed by atoms with E-state index >= 15 is 0 Å². The Bertz CT molecular complexity index is 240. The van der Waals surface area contributed by atoms with Crippen molar-refractivity contribution in [3.8, 4) is 0 Å². The number of nitrogens with zero attached hydrogens (tertiary/aromatic N) is 2. The van der Waals surface area contributed by atoms with Gasteiger partial charge in [-0.25, -0.2) is 0 Å². The van der Waals surface area contributed by atoms with Crippen LogP contribution in [0, 0.1) is 5.92 Å². The highest BCUT2D eigenvalue weighted by Gasteiger charge is 2.34. The van der Waals surface area contributed by atoms with E-state index in [4.69, 9.17) is 5.73 Å². The molecule has 1 unspecified atom stereocenters. The Morgan fingerprint density at radius 2 is 2.13 bits per heavy atom. The summed E-state index contributed by atoms with van der Waals surface area (Å²) in [5.41, 5.74) is 5.73. The third-order valence-electron chi connectivity index (χ3n) is 3.70. The van der Waals surface area contributed by atoms with E-state index in [2.05, 4.69) is 11.9 Å². The van der Waals surface area contributed by atoms with Gasteiger partial charge in [-0.3, -0.25) is 4.79 Å². The lowest BCUT2D eigenvalue weighted by molar-refractivity contribution is -0.142. The molecule has 2 aliphatic rings. The number of amides is 1. The SMILES string of the molecule is CN1CCN(C(=O)C2CCC2)C(CN)C1. The largest absolute Gasteiger partial charge is 0.336 e. The van der Waals surface area contributed by atoms with Gasteiger partial charge in [0.2, 0.25) is 5.91 Å². The minimum atomic E-state index is 0.233. The van der Waals surface area contributed by atoms with Crippen molar-refractivity contribution in [2.24, 2.45) is 11.7 Å². The zero-order chi connectivity index (χ0) is 10.8. The van der Waals surface area contributed by atoms with Crippen LogP contribution in [0.15, 0.2) is 0 Å². The van der Waals surface area contributed by atoms with Crippen molar-refractivity contribution in [1.29, 1.82) is 0 Å². The van der Waals surface area contributed by atoms with E-state index in [0.717, 1.165) is 32.5 Å². The van der Waals surface area contributed by atoms with E-state index in [1.807, 2.05) is 4.90 Å². The molecule has 0 aromatic rings. The third kappa shape index (κ3) is 2.16. The summed E-state index contributed by atoms with van der Waals surface area (Å²) < 4.78 is 0. The molecule has 0 aromatic heterocycles. The quantitative estimate of drug-likeness (QED) is 0.693. The molecule has 1 amide bonds. The molecule has 2 N–H and O–H groups in total. The highest BCUT2D eigenvalue weighted by atomic mass is 16.2. The van der Waals surface area contributed by atoms with Crippen LogP contribution in [0.1, 0.15) is 19.3 Å². The maximum Gasteiger partial charge on any atom is 0.226 e. The molecule has 4 nitrogen and oxygen atoms in total. The van der Waals surface area contributed by atoms with Crippen molar-refractivity contribution in [1.82, 2.24) is 9.80 Å². The Morgan fingerprint density at radius 3 is 2.67 bits per heavy atom. The molecule has 1 aliphatic heterocycles. The molecule has 1 saturated carbocycles. The van der Waals surface area contributed by atoms with Crippen LogP contribution in [-0.4, -0.2) is 55.0 Å². The molecule has 0 spiro atoms. The molecule has 1 saturated heterocycles. The van der Waals surface area contributed by atoms with Crippen LogP contribution in [0.3, 0.4) is 0 Å². The van der Waals surface area contributed by atoms with Gasteiger partial charge in [-0.1, -0.05) is 6.42 Å². The van der Waals surface area contributed by atoms with Gasteiger partial charge in [0.15, 0.2) is 0 Å². The molecule has 1 atom stereocenters. The van der Waals surface area contributed by atoms with Crippen molar-refractivity contribution in [2.75, 3.05) is 33.2 Å². The Labute approximate surface area is 91.4 Å². The third-order valence-corrected chi connectivity index (χ3v) is 3.70. The molecule has 0 bridgehead atoms. The van der Waals surface area contributed by atoms with Crippen molar-refractivity contribution in [2.45, 2.75) is 25.3 Å². The molecular weight excluding hydrogens is 190 g/mol. The molecule has 1 aliphatic carbocycles. The number of likely N-dealkylation sites (N-methyl/N-ethyl adjacent to an activating group) is 1. The summed E-state index contributed by atoms with van der Waals surface area (Å²) in [5, 5.41) is 0. The van der Waals surface area contributed by atoms with E-state index in [9.17, 15) is 4.79 Å². The Balaban J connectivity index is 1.96. The predicted octanol–water partition coefficient (Wildman–Crippen LogP) is -0.112. The van der Waals surface area contributed by atoms with Gasteiger partial charge >= 0.3 is 0 Å². The molecule has 0 aromatic carbocycles. The Hall–Kier alpha value is -0.610. The van der Waals surface area contributed by atoms with E-state index < -0.39 is 0 Å². The summed E-state index contributed by atoms with van der Waals surface area (Å²) >= 11 is 0. The van der Waals surface area contributed by atoms with Crippen LogP contribution < -0.4 is 5.73 Å². The molecule has 1 heterocycles. The highest BCUT2D eigenvalue weighted by molar-refractivity contribution is 5.80. The number of hydrogen-bond donors (Lipinski definition) is 1. The molecular formula is C11H21N3O. The van der Waals surface area contributed by atoms with Crippen LogP contribution in [0.5, 0.6) is 0 Å². The van der Waals surface area contributed by atoms with Crippen molar-refractivity contribution < 1.29 is 4.79 Å². The van der Waals surface area contributed by atoms with Crippen LogP contribution in [0.4, 0.5) is 0 Å². The average Bonchev–Trinajstić information content (AvgIpc) is 2.14. The second-order valence-corrected chi connectivity index (χ2v) is 4.81. The normalized spacial score (nSPS) is 28.9. The van der Waals surface area contributed by atoms with Crippen LogP contribution in [0.2, 0.25) is 0 Å². The summed E-state index contributed by atoms with van der Waals surface area (Å²) in [6.45, 7) is 3.35. The molecule has 0 radical (unpaired) electrons. The van der Waals surface area contributed by atoms with Gasteiger partial charge in [0.25, 0.3) is 0 Å². The van der Waals surface area contributed by atoms with Crippen LogP contribution in [-0.2, 0) is 4.79 Å². The lowest BCUT2D eigenvalue weighted by atomic mass is 9.84. The number of rotatable bonds is 2. The van der Waals surface area contributed by atoms with Crippen molar-refractivity contribution in [3.05, 3.63) is 0 Å². The number of carbonyl (C=O) groups excluding carboxylic acids is 1. The Morgan fingerprint density at radius 1 is 1.40 bits per heavy atom. The summed E-state index contributed by atoms with van der Waals surface area (Å²) in [7, 11) is 2.09. The molecule has 2 fully saturated rings. The first-order chi connectivity index (χ1) is 7.22. The van der Waals surface area contributed by atoms with Gasteiger partial charge in [-0.15, -0.1) is 0 Å². The number of hydrogen-bond acceptors (Lipinski definition) is 3. The van der Waals surface area contributed by atoms with Crippen LogP contribution in [0.25, 0.3) is 0 Å². The summed E-state index contributed by atoms with van der Waals surface area (Å²) in [6.07, 6.45) is 3.39. The minimum absolute atomic E-state index is 0.233. The molecule has 86 valence electrons. The summed E-state index contributed by atoms with van der Waals surface area (Å²) in [5.74, 6) is 0.659. The monoisotopic (exact) mass is 211 g/mol. The first kappa shape index (κ1) is 10.9.